The van der Waals surface area contributed by atoms with Crippen molar-refractivity contribution in [3.05, 3.63) is 112 Å². The van der Waals surface area contributed by atoms with Crippen molar-refractivity contribution in [3.8, 4) is 28.7 Å². The van der Waals surface area contributed by atoms with Crippen LogP contribution in [0.5, 0.6) is 5.75 Å². The Morgan fingerprint density at radius 1 is 0.829 bits per heavy atom. The minimum atomic E-state index is -4.70. The van der Waals surface area contributed by atoms with Crippen molar-refractivity contribution in [2.24, 2.45) is 5.92 Å². The Balaban J connectivity index is 1.56. The maximum Gasteiger partial charge on any atom is 0.432 e. The monoisotopic (exact) mass is 586 g/mol. The minimum absolute atomic E-state index is 0.0630. The summed E-state index contributed by atoms with van der Waals surface area (Å²) < 4.78 is 151. The minimum Gasteiger partial charge on any atom is -0.494 e. The zero-order chi connectivity index (χ0) is 30.1. The molecular weight excluding hydrogens is 570 g/mol. The lowest BCUT2D eigenvalue weighted by atomic mass is 9.96. The van der Waals surface area contributed by atoms with E-state index in [1.165, 1.54) is 0 Å². The molecule has 1 aliphatic rings. The first-order valence-corrected chi connectivity index (χ1v) is 11.7. The number of halogens is 10. The van der Waals surface area contributed by atoms with E-state index in [1.807, 2.05) is 0 Å². The van der Waals surface area contributed by atoms with Gasteiger partial charge in [0.25, 0.3) is 0 Å². The van der Waals surface area contributed by atoms with Gasteiger partial charge in [-0.2, -0.15) is 8.78 Å². The molecule has 0 saturated heterocycles. The highest BCUT2D eigenvalue weighted by Gasteiger charge is 2.41. The SMILES string of the molecule is CCOC1=CC(F)C(C#Cc2cc(F)c(C(F)(F)Oc3ccc(-c4cc(F)c(F)c(F)c4)c(F)c3)c(F)c2)C(F)=C1. The normalized spacial score (nSPS) is 16.9. The number of hydrogen-bond acceptors (Lipinski definition) is 2. The maximum absolute atomic E-state index is 14.8. The average molecular weight is 586 g/mol. The van der Waals surface area contributed by atoms with Crippen molar-refractivity contribution in [1.29, 1.82) is 0 Å². The first-order valence-electron chi connectivity index (χ1n) is 11.7. The molecule has 0 spiro atoms. The molecule has 0 N–H and O–H groups in total. The molecule has 0 amide bonds. The fourth-order valence-corrected chi connectivity index (χ4v) is 3.87. The van der Waals surface area contributed by atoms with Gasteiger partial charge in [-0.3, -0.25) is 0 Å². The van der Waals surface area contributed by atoms with E-state index in [1.54, 1.807) is 6.92 Å². The van der Waals surface area contributed by atoms with Crippen LogP contribution in [0.4, 0.5) is 43.9 Å². The number of rotatable bonds is 6. The van der Waals surface area contributed by atoms with Crippen LogP contribution in [0.3, 0.4) is 0 Å². The number of ether oxygens (including phenoxy) is 2. The molecule has 0 radical (unpaired) electrons. The van der Waals surface area contributed by atoms with Crippen LogP contribution in [0, 0.1) is 52.7 Å². The van der Waals surface area contributed by atoms with Gasteiger partial charge in [-0.15, -0.1) is 0 Å². The van der Waals surface area contributed by atoms with Gasteiger partial charge in [0.05, 0.1) is 6.61 Å². The van der Waals surface area contributed by atoms with Gasteiger partial charge >= 0.3 is 6.11 Å². The lowest BCUT2D eigenvalue weighted by Gasteiger charge is -2.20. The molecule has 2 atom stereocenters. The van der Waals surface area contributed by atoms with Crippen molar-refractivity contribution in [3.63, 3.8) is 0 Å². The Morgan fingerprint density at radius 3 is 2.02 bits per heavy atom. The third-order valence-corrected chi connectivity index (χ3v) is 5.72. The lowest BCUT2D eigenvalue weighted by molar-refractivity contribution is -0.189. The summed E-state index contributed by atoms with van der Waals surface area (Å²) in [5.41, 5.74) is -3.36. The molecule has 1 aliphatic carbocycles. The van der Waals surface area contributed by atoms with Crippen LogP contribution >= 0.6 is 0 Å². The predicted octanol–water partition coefficient (Wildman–Crippen LogP) is 8.41. The molecule has 2 nitrogen and oxygen atoms in total. The van der Waals surface area contributed by atoms with E-state index in [0.29, 0.717) is 30.3 Å². The third-order valence-electron chi connectivity index (χ3n) is 5.72. The quantitative estimate of drug-likeness (QED) is 0.164. The summed E-state index contributed by atoms with van der Waals surface area (Å²) in [5, 5.41) is 0. The molecular formula is C29H16F10O2. The fourth-order valence-electron chi connectivity index (χ4n) is 3.87. The summed E-state index contributed by atoms with van der Waals surface area (Å²) in [4.78, 5) is 0. The average Bonchev–Trinajstić information content (AvgIpc) is 2.86. The molecule has 0 fully saturated rings. The number of alkyl halides is 3. The summed E-state index contributed by atoms with van der Waals surface area (Å²) in [6.45, 7) is 1.75. The molecule has 0 aromatic heterocycles. The third kappa shape index (κ3) is 6.34. The van der Waals surface area contributed by atoms with E-state index >= 15 is 0 Å². The van der Waals surface area contributed by atoms with E-state index in [2.05, 4.69) is 16.6 Å². The van der Waals surface area contributed by atoms with Gasteiger partial charge in [0, 0.05) is 23.3 Å². The van der Waals surface area contributed by atoms with Crippen LogP contribution in [0.2, 0.25) is 0 Å². The Kier molecular flexibility index (Phi) is 8.37. The molecule has 0 bridgehead atoms. The van der Waals surface area contributed by atoms with Gasteiger partial charge in [-0.1, -0.05) is 11.8 Å². The Labute approximate surface area is 226 Å². The second kappa shape index (κ2) is 11.6. The Morgan fingerprint density at radius 2 is 1.46 bits per heavy atom. The molecule has 214 valence electrons. The summed E-state index contributed by atoms with van der Waals surface area (Å²) in [6.07, 6.45) is -4.80. The fraction of sp³-hybridized carbons (Fsp3) is 0.172. The summed E-state index contributed by atoms with van der Waals surface area (Å²) in [7, 11) is 0. The predicted molar refractivity (Wildman–Crippen MR) is 127 cm³/mol. The first kappa shape index (κ1) is 29.6. The van der Waals surface area contributed by atoms with Crippen LogP contribution < -0.4 is 4.74 Å². The van der Waals surface area contributed by atoms with E-state index in [0.717, 1.165) is 24.3 Å². The lowest BCUT2D eigenvalue weighted by Crippen LogP contribution is -2.25. The highest BCUT2D eigenvalue weighted by molar-refractivity contribution is 5.65. The molecule has 0 heterocycles. The zero-order valence-corrected chi connectivity index (χ0v) is 20.7. The van der Waals surface area contributed by atoms with Gasteiger partial charge in [0.15, 0.2) is 17.5 Å². The van der Waals surface area contributed by atoms with Crippen molar-refractivity contribution in [1.82, 2.24) is 0 Å². The molecule has 3 aromatic rings. The van der Waals surface area contributed by atoms with Gasteiger partial charge < -0.3 is 9.47 Å². The van der Waals surface area contributed by atoms with Crippen LogP contribution in [-0.4, -0.2) is 12.8 Å². The Bertz CT molecular complexity index is 1570. The molecule has 4 rings (SSSR count). The largest absolute Gasteiger partial charge is 0.494 e. The van der Waals surface area contributed by atoms with Gasteiger partial charge in [0.1, 0.15) is 52.4 Å². The van der Waals surface area contributed by atoms with Crippen LogP contribution in [0.25, 0.3) is 11.1 Å². The van der Waals surface area contributed by atoms with Crippen LogP contribution in [0.1, 0.15) is 18.1 Å². The van der Waals surface area contributed by atoms with Crippen molar-refractivity contribution >= 4 is 0 Å². The zero-order valence-electron chi connectivity index (χ0n) is 20.7. The van der Waals surface area contributed by atoms with Gasteiger partial charge in [0.2, 0.25) is 0 Å². The summed E-state index contributed by atoms with van der Waals surface area (Å²) in [6, 6.07) is 3.61. The van der Waals surface area contributed by atoms with Crippen molar-refractivity contribution in [2.75, 3.05) is 6.61 Å². The van der Waals surface area contributed by atoms with E-state index in [4.69, 9.17) is 4.74 Å². The van der Waals surface area contributed by atoms with Gasteiger partial charge in [-0.25, -0.2) is 35.1 Å². The topological polar surface area (TPSA) is 18.5 Å². The number of hydrogen-bond donors (Lipinski definition) is 0. The van der Waals surface area contributed by atoms with Crippen molar-refractivity contribution < 1.29 is 53.4 Å². The second-order valence-electron chi connectivity index (χ2n) is 8.55. The smallest absolute Gasteiger partial charge is 0.432 e. The molecule has 2 unspecified atom stereocenters. The Hall–Kier alpha value is -4.40. The van der Waals surface area contributed by atoms with Crippen LogP contribution in [0.15, 0.2) is 66.2 Å². The first-order chi connectivity index (χ1) is 19.3. The second-order valence-corrected chi connectivity index (χ2v) is 8.55. The highest BCUT2D eigenvalue weighted by atomic mass is 19.3. The standard InChI is InChI=1S/C29H16F10O2/c1-2-40-17-12-21(31)19(22(32)13-17)5-3-14-7-23(33)27(24(34)8-14)29(38,39)41-16-4-6-18(20(30)11-16)15-9-25(35)28(37)26(36)10-15/h4,6-13,19,21H,2H2,1H3. The van der Waals surface area contributed by atoms with E-state index < -0.39 is 86.9 Å². The summed E-state index contributed by atoms with van der Waals surface area (Å²) in [5.74, 6) is -9.36. The maximum atomic E-state index is 14.8. The molecule has 12 heteroatoms. The molecule has 41 heavy (non-hydrogen) atoms. The summed E-state index contributed by atoms with van der Waals surface area (Å²) >= 11 is 0. The number of allylic oxidation sites excluding steroid dienone is 3. The number of benzene rings is 3. The van der Waals surface area contributed by atoms with Gasteiger partial charge in [-0.05, 0) is 55.0 Å². The van der Waals surface area contributed by atoms with Crippen molar-refractivity contribution in [2.45, 2.75) is 19.2 Å². The molecule has 0 saturated carbocycles. The van der Waals surface area contributed by atoms with Crippen LogP contribution in [-0.2, 0) is 10.8 Å². The molecule has 0 aliphatic heterocycles. The van der Waals surface area contributed by atoms with E-state index in [-0.39, 0.29) is 12.4 Å². The highest BCUT2D eigenvalue weighted by Crippen LogP contribution is 2.37. The molecule has 3 aromatic carbocycles. The van der Waals surface area contributed by atoms with E-state index in [9.17, 15) is 43.9 Å².